The highest BCUT2D eigenvalue weighted by Crippen LogP contribution is 2.22. The second-order valence-electron chi connectivity index (χ2n) is 5.40. The standard InChI is InChI=1S/C17H15Cl2N3O3S/c1-2-22(26(23,24)15-9-7-14(19)8-10-15)11-16-20-17(21-25-16)12-3-5-13(18)6-4-12/h3-10H,2,11H2,1H3. The highest BCUT2D eigenvalue weighted by molar-refractivity contribution is 7.89. The van der Waals surface area contributed by atoms with E-state index in [1.54, 1.807) is 31.2 Å². The summed E-state index contributed by atoms with van der Waals surface area (Å²) in [5, 5.41) is 4.97. The van der Waals surface area contributed by atoms with E-state index < -0.39 is 10.0 Å². The number of nitrogens with zero attached hydrogens (tertiary/aromatic N) is 3. The van der Waals surface area contributed by atoms with E-state index in [9.17, 15) is 8.42 Å². The van der Waals surface area contributed by atoms with Crippen molar-refractivity contribution in [1.29, 1.82) is 0 Å². The lowest BCUT2D eigenvalue weighted by molar-refractivity contribution is 0.321. The molecule has 0 amide bonds. The number of aromatic nitrogens is 2. The Kier molecular flexibility index (Phi) is 5.62. The van der Waals surface area contributed by atoms with E-state index in [0.29, 0.717) is 15.9 Å². The molecule has 6 nitrogen and oxygen atoms in total. The van der Waals surface area contributed by atoms with Gasteiger partial charge in [-0.25, -0.2) is 8.42 Å². The van der Waals surface area contributed by atoms with Gasteiger partial charge in [-0.05, 0) is 48.5 Å². The summed E-state index contributed by atoms with van der Waals surface area (Å²) in [6.45, 7) is 1.97. The molecule has 0 unspecified atom stereocenters. The average molecular weight is 412 g/mol. The van der Waals surface area contributed by atoms with E-state index in [2.05, 4.69) is 10.1 Å². The second kappa shape index (κ2) is 7.75. The van der Waals surface area contributed by atoms with Crippen LogP contribution in [0.1, 0.15) is 12.8 Å². The first kappa shape index (κ1) is 18.8. The van der Waals surface area contributed by atoms with E-state index in [1.807, 2.05) is 0 Å². The zero-order valence-electron chi connectivity index (χ0n) is 13.8. The Morgan fingerprint density at radius 2 is 1.58 bits per heavy atom. The number of benzene rings is 2. The van der Waals surface area contributed by atoms with Crippen molar-refractivity contribution in [2.75, 3.05) is 6.54 Å². The number of rotatable bonds is 6. The van der Waals surface area contributed by atoms with Crippen LogP contribution in [-0.2, 0) is 16.6 Å². The lowest BCUT2D eigenvalue weighted by Gasteiger charge is -2.18. The minimum Gasteiger partial charge on any atom is -0.338 e. The Morgan fingerprint density at radius 1 is 1.00 bits per heavy atom. The molecule has 3 rings (SSSR count). The van der Waals surface area contributed by atoms with Crippen molar-refractivity contribution in [3.8, 4) is 11.4 Å². The number of sulfonamides is 1. The molecule has 1 aromatic heterocycles. The number of hydrogen-bond acceptors (Lipinski definition) is 5. The van der Waals surface area contributed by atoms with Crippen molar-refractivity contribution < 1.29 is 12.9 Å². The molecule has 136 valence electrons. The van der Waals surface area contributed by atoms with Crippen LogP contribution in [0.4, 0.5) is 0 Å². The summed E-state index contributed by atoms with van der Waals surface area (Å²) >= 11 is 11.7. The molecule has 0 radical (unpaired) electrons. The molecule has 0 bridgehead atoms. The van der Waals surface area contributed by atoms with Crippen LogP contribution in [0.5, 0.6) is 0 Å². The van der Waals surface area contributed by atoms with Crippen molar-refractivity contribution in [2.24, 2.45) is 0 Å². The van der Waals surface area contributed by atoms with Gasteiger partial charge in [-0.2, -0.15) is 9.29 Å². The van der Waals surface area contributed by atoms with E-state index in [0.717, 1.165) is 5.56 Å². The molecule has 1 heterocycles. The molecule has 0 aliphatic rings. The molecule has 26 heavy (non-hydrogen) atoms. The predicted octanol–water partition coefficient (Wildman–Crippen LogP) is 4.25. The Bertz CT molecular complexity index is 987. The van der Waals surface area contributed by atoms with Gasteiger partial charge in [-0.15, -0.1) is 0 Å². The quantitative estimate of drug-likeness (QED) is 0.605. The van der Waals surface area contributed by atoms with Gasteiger partial charge >= 0.3 is 0 Å². The smallest absolute Gasteiger partial charge is 0.243 e. The summed E-state index contributed by atoms with van der Waals surface area (Å²) in [6, 6.07) is 13.0. The first-order valence-electron chi connectivity index (χ1n) is 7.74. The summed E-state index contributed by atoms with van der Waals surface area (Å²) in [6.07, 6.45) is 0. The third-order valence-electron chi connectivity index (χ3n) is 3.69. The molecule has 0 spiro atoms. The van der Waals surface area contributed by atoms with Crippen LogP contribution in [0, 0.1) is 0 Å². The molecular formula is C17H15Cl2N3O3S. The third kappa shape index (κ3) is 4.07. The molecule has 0 aliphatic heterocycles. The van der Waals surface area contributed by atoms with Crippen molar-refractivity contribution in [2.45, 2.75) is 18.4 Å². The van der Waals surface area contributed by atoms with E-state index in [4.69, 9.17) is 27.7 Å². The predicted molar refractivity (Wildman–Crippen MR) is 99.5 cm³/mol. The Hall–Kier alpha value is -1.93. The fourth-order valence-corrected chi connectivity index (χ4v) is 3.96. The van der Waals surface area contributed by atoms with Gasteiger partial charge in [0.2, 0.25) is 21.7 Å². The highest BCUT2D eigenvalue weighted by Gasteiger charge is 2.25. The summed E-state index contributed by atoms with van der Waals surface area (Å²) < 4.78 is 32.0. The minimum absolute atomic E-state index is 0.0257. The van der Waals surface area contributed by atoms with Crippen LogP contribution in [0.15, 0.2) is 57.9 Å². The molecule has 2 aromatic carbocycles. The third-order valence-corrected chi connectivity index (χ3v) is 6.13. The van der Waals surface area contributed by atoms with Crippen LogP contribution >= 0.6 is 23.2 Å². The number of hydrogen-bond donors (Lipinski definition) is 0. The maximum atomic E-state index is 12.8. The summed E-state index contributed by atoms with van der Waals surface area (Å²) in [5.74, 6) is 0.575. The maximum Gasteiger partial charge on any atom is 0.243 e. The molecular weight excluding hydrogens is 397 g/mol. The number of halogens is 2. The molecule has 3 aromatic rings. The van der Waals surface area contributed by atoms with Gasteiger partial charge in [0.1, 0.15) is 0 Å². The van der Waals surface area contributed by atoms with Crippen molar-refractivity contribution in [3.05, 3.63) is 64.5 Å². The average Bonchev–Trinajstić information content (AvgIpc) is 3.09. The largest absolute Gasteiger partial charge is 0.338 e. The molecule has 0 atom stereocenters. The monoisotopic (exact) mass is 411 g/mol. The summed E-state index contributed by atoms with van der Waals surface area (Å²) in [4.78, 5) is 4.43. The van der Waals surface area contributed by atoms with Gasteiger partial charge < -0.3 is 4.52 Å². The highest BCUT2D eigenvalue weighted by atomic mass is 35.5. The topological polar surface area (TPSA) is 76.3 Å². The SMILES string of the molecule is CCN(Cc1nc(-c2ccc(Cl)cc2)no1)S(=O)(=O)c1ccc(Cl)cc1. The first-order chi connectivity index (χ1) is 12.4. The molecule has 0 aliphatic carbocycles. The molecule has 9 heteroatoms. The van der Waals surface area contributed by atoms with Crippen molar-refractivity contribution in [3.63, 3.8) is 0 Å². The lowest BCUT2D eigenvalue weighted by atomic mass is 10.2. The summed E-state index contributed by atoms with van der Waals surface area (Å²) in [5.41, 5.74) is 0.730. The van der Waals surface area contributed by atoms with Crippen molar-refractivity contribution >= 4 is 33.2 Å². The van der Waals surface area contributed by atoms with E-state index in [1.165, 1.54) is 28.6 Å². The van der Waals surface area contributed by atoms with Crippen molar-refractivity contribution in [1.82, 2.24) is 14.4 Å². The Morgan fingerprint density at radius 3 is 2.15 bits per heavy atom. The van der Waals surface area contributed by atoms with Crippen LogP contribution in [0.3, 0.4) is 0 Å². The van der Waals surface area contributed by atoms with Crippen LogP contribution in [0.2, 0.25) is 10.0 Å². The lowest BCUT2D eigenvalue weighted by Crippen LogP contribution is -2.30. The second-order valence-corrected chi connectivity index (χ2v) is 8.21. The normalized spacial score (nSPS) is 11.8. The van der Waals surface area contributed by atoms with E-state index in [-0.39, 0.29) is 23.9 Å². The van der Waals surface area contributed by atoms with Crippen LogP contribution in [-0.4, -0.2) is 29.4 Å². The fraction of sp³-hybridized carbons (Fsp3) is 0.176. The van der Waals surface area contributed by atoms with Crippen LogP contribution < -0.4 is 0 Å². The van der Waals surface area contributed by atoms with Gasteiger partial charge in [-0.1, -0.05) is 35.3 Å². The Labute approximate surface area is 161 Å². The zero-order valence-corrected chi connectivity index (χ0v) is 16.1. The van der Waals surface area contributed by atoms with Crippen LogP contribution in [0.25, 0.3) is 11.4 Å². The molecule has 0 fully saturated rings. The Balaban J connectivity index is 1.82. The van der Waals surface area contributed by atoms with Gasteiger partial charge in [0.05, 0.1) is 11.4 Å². The summed E-state index contributed by atoms with van der Waals surface area (Å²) in [7, 11) is -3.70. The maximum absolute atomic E-state index is 12.8. The van der Waals surface area contributed by atoms with Gasteiger partial charge in [0.25, 0.3) is 0 Å². The molecule has 0 saturated heterocycles. The fourth-order valence-electron chi connectivity index (χ4n) is 2.31. The molecule has 0 N–H and O–H groups in total. The van der Waals surface area contributed by atoms with Gasteiger partial charge in [-0.3, -0.25) is 0 Å². The molecule has 0 saturated carbocycles. The van der Waals surface area contributed by atoms with Gasteiger partial charge in [0, 0.05) is 22.2 Å². The van der Waals surface area contributed by atoms with E-state index >= 15 is 0 Å². The first-order valence-corrected chi connectivity index (χ1v) is 9.94. The van der Waals surface area contributed by atoms with Gasteiger partial charge in [0.15, 0.2) is 0 Å². The zero-order chi connectivity index (χ0) is 18.7. The minimum atomic E-state index is -3.70.